The molecule has 6 nitrogen and oxygen atoms in total. The quantitative estimate of drug-likeness (QED) is 0.574. The molecule has 122 valence electrons. The molecule has 0 aliphatic carbocycles. The standard InChI is InChI=1S/C18H13N5OS/c24-16(10-9-13-5-2-1-3-6-13)20-15-8-4-7-14(11-15)17-22-23-12-19-21-18(23)25-17/h1-12H,(H,20,24)/b10-9+. The monoisotopic (exact) mass is 347 g/mol. The van der Waals surface area contributed by atoms with Gasteiger partial charge in [0.15, 0.2) is 0 Å². The Morgan fingerprint density at radius 2 is 2.00 bits per heavy atom. The van der Waals surface area contributed by atoms with Gasteiger partial charge in [-0.3, -0.25) is 4.79 Å². The molecular weight excluding hydrogens is 334 g/mol. The molecule has 0 saturated carbocycles. The van der Waals surface area contributed by atoms with Gasteiger partial charge in [0.05, 0.1) is 0 Å². The molecular formula is C18H13N5OS. The molecule has 2 aromatic heterocycles. The van der Waals surface area contributed by atoms with Crippen LogP contribution in [0.4, 0.5) is 5.69 Å². The van der Waals surface area contributed by atoms with E-state index in [0.717, 1.165) is 21.1 Å². The fourth-order valence-electron chi connectivity index (χ4n) is 2.33. The first-order valence-electron chi connectivity index (χ1n) is 7.59. The highest BCUT2D eigenvalue weighted by molar-refractivity contribution is 7.19. The van der Waals surface area contributed by atoms with Gasteiger partial charge in [-0.25, -0.2) is 0 Å². The number of benzene rings is 2. The van der Waals surface area contributed by atoms with Crippen molar-refractivity contribution in [2.75, 3.05) is 5.32 Å². The lowest BCUT2D eigenvalue weighted by Crippen LogP contribution is -2.07. The number of carbonyl (C=O) groups is 1. The van der Waals surface area contributed by atoms with Gasteiger partial charge in [0, 0.05) is 17.3 Å². The molecule has 7 heteroatoms. The predicted molar refractivity (Wildman–Crippen MR) is 98.2 cm³/mol. The van der Waals surface area contributed by atoms with Crippen molar-refractivity contribution in [3.05, 3.63) is 72.6 Å². The SMILES string of the molecule is O=C(/C=C/c1ccccc1)Nc1cccc(-c2nn3cnnc3s2)c1. The van der Waals surface area contributed by atoms with Gasteiger partial charge in [-0.15, -0.1) is 10.2 Å². The number of fused-ring (bicyclic) bond motifs is 1. The van der Waals surface area contributed by atoms with Crippen LogP contribution in [0.15, 0.2) is 67.0 Å². The Morgan fingerprint density at radius 3 is 2.84 bits per heavy atom. The van der Waals surface area contributed by atoms with Gasteiger partial charge < -0.3 is 5.32 Å². The molecule has 2 aromatic carbocycles. The van der Waals surface area contributed by atoms with Gasteiger partial charge in [-0.1, -0.05) is 53.8 Å². The number of aromatic nitrogens is 4. The summed E-state index contributed by atoms with van der Waals surface area (Å²) < 4.78 is 1.63. The number of nitrogens with zero attached hydrogens (tertiary/aromatic N) is 4. The third-order valence-electron chi connectivity index (χ3n) is 3.49. The highest BCUT2D eigenvalue weighted by Gasteiger charge is 2.08. The van der Waals surface area contributed by atoms with E-state index in [9.17, 15) is 4.79 Å². The van der Waals surface area contributed by atoms with Crippen LogP contribution in [0.25, 0.3) is 21.6 Å². The summed E-state index contributed by atoms with van der Waals surface area (Å²) in [6, 6.07) is 17.3. The molecule has 0 fully saturated rings. The van der Waals surface area contributed by atoms with Gasteiger partial charge in [-0.2, -0.15) is 9.61 Å². The van der Waals surface area contributed by atoms with E-state index in [0.29, 0.717) is 5.69 Å². The minimum atomic E-state index is -0.181. The molecule has 1 N–H and O–H groups in total. The van der Waals surface area contributed by atoms with Gasteiger partial charge in [-0.05, 0) is 23.8 Å². The number of nitrogens with one attached hydrogen (secondary N) is 1. The number of amides is 1. The second-order valence-electron chi connectivity index (χ2n) is 5.28. The predicted octanol–water partition coefficient (Wildman–Crippen LogP) is 3.50. The minimum Gasteiger partial charge on any atom is -0.322 e. The lowest BCUT2D eigenvalue weighted by atomic mass is 10.2. The van der Waals surface area contributed by atoms with Crippen LogP contribution in [0, 0.1) is 0 Å². The Kier molecular flexibility index (Phi) is 4.05. The molecule has 0 unspecified atom stereocenters. The summed E-state index contributed by atoms with van der Waals surface area (Å²) in [4.78, 5) is 12.8. The van der Waals surface area contributed by atoms with Crippen LogP contribution in [0.5, 0.6) is 0 Å². The van der Waals surface area contributed by atoms with E-state index in [1.807, 2.05) is 54.6 Å². The lowest BCUT2D eigenvalue weighted by molar-refractivity contribution is -0.111. The van der Waals surface area contributed by atoms with Gasteiger partial charge in [0.2, 0.25) is 10.9 Å². The summed E-state index contributed by atoms with van der Waals surface area (Å²) in [6.07, 6.45) is 4.86. The Morgan fingerprint density at radius 1 is 1.12 bits per heavy atom. The van der Waals surface area contributed by atoms with Crippen LogP contribution in [-0.2, 0) is 4.79 Å². The summed E-state index contributed by atoms with van der Waals surface area (Å²) >= 11 is 1.44. The third kappa shape index (κ3) is 3.46. The maximum absolute atomic E-state index is 12.1. The number of rotatable bonds is 4. The molecule has 1 amide bonds. The Balaban J connectivity index is 1.50. The van der Waals surface area contributed by atoms with E-state index in [1.54, 1.807) is 16.9 Å². The molecule has 0 radical (unpaired) electrons. The normalized spacial score (nSPS) is 11.2. The maximum Gasteiger partial charge on any atom is 0.248 e. The summed E-state index contributed by atoms with van der Waals surface area (Å²) in [7, 11) is 0. The number of carbonyl (C=O) groups excluding carboxylic acids is 1. The van der Waals surface area contributed by atoms with Crippen molar-refractivity contribution in [2.24, 2.45) is 0 Å². The largest absolute Gasteiger partial charge is 0.322 e. The fraction of sp³-hybridized carbons (Fsp3) is 0. The molecule has 0 saturated heterocycles. The van der Waals surface area contributed by atoms with Gasteiger partial charge in [0.25, 0.3) is 0 Å². The first-order chi connectivity index (χ1) is 12.3. The molecule has 4 rings (SSSR count). The highest BCUT2D eigenvalue weighted by atomic mass is 32.1. The van der Waals surface area contributed by atoms with Crippen molar-refractivity contribution in [3.63, 3.8) is 0 Å². The van der Waals surface area contributed by atoms with Crippen molar-refractivity contribution in [3.8, 4) is 10.6 Å². The molecule has 0 atom stereocenters. The van der Waals surface area contributed by atoms with Crippen molar-refractivity contribution in [2.45, 2.75) is 0 Å². The van der Waals surface area contributed by atoms with E-state index in [-0.39, 0.29) is 5.91 Å². The topological polar surface area (TPSA) is 72.2 Å². The van der Waals surface area contributed by atoms with Crippen LogP contribution in [0.1, 0.15) is 5.56 Å². The smallest absolute Gasteiger partial charge is 0.248 e. The molecule has 0 spiro atoms. The Labute approximate surface area is 147 Å². The first-order valence-corrected chi connectivity index (χ1v) is 8.41. The zero-order chi connectivity index (χ0) is 17.1. The van der Waals surface area contributed by atoms with Crippen LogP contribution < -0.4 is 5.32 Å². The first kappa shape index (κ1) is 15.2. The summed E-state index contributed by atoms with van der Waals surface area (Å²) in [5.74, 6) is -0.181. The van der Waals surface area contributed by atoms with E-state index in [2.05, 4.69) is 20.6 Å². The highest BCUT2D eigenvalue weighted by Crippen LogP contribution is 2.26. The van der Waals surface area contributed by atoms with Crippen molar-refractivity contribution >= 4 is 34.0 Å². The van der Waals surface area contributed by atoms with Gasteiger partial charge >= 0.3 is 0 Å². The van der Waals surface area contributed by atoms with E-state index >= 15 is 0 Å². The fourth-order valence-corrected chi connectivity index (χ4v) is 3.14. The zero-order valence-electron chi connectivity index (χ0n) is 13.0. The van der Waals surface area contributed by atoms with Crippen LogP contribution in [0.2, 0.25) is 0 Å². The Hall–Kier alpha value is -3.32. The average Bonchev–Trinajstić information content (AvgIpc) is 3.23. The molecule has 2 heterocycles. The van der Waals surface area contributed by atoms with Crippen molar-refractivity contribution in [1.29, 1.82) is 0 Å². The van der Waals surface area contributed by atoms with E-state index in [4.69, 9.17) is 0 Å². The molecule has 0 bridgehead atoms. The van der Waals surface area contributed by atoms with E-state index in [1.165, 1.54) is 17.4 Å². The van der Waals surface area contributed by atoms with Gasteiger partial charge in [0.1, 0.15) is 11.3 Å². The number of anilines is 1. The molecule has 0 aliphatic rings. The zero-order valence-corrected chi connectivity index (χ0v) is 13.9. The van der Waals surface area contributed by atoms with Crippen molar-refractivity contribution in [1.82, 2.24) is 19.8 Å². The second-order valence-corrected chi connectivity index (χ2v) is 6.24. The molecule has 25 heavy (non-hydrogen) atoms. The van der Waals surface area contributed by atoms with Crippen LogP contribution in [-0.4, -0.2) is 25.7 Å². The summed E-state index contributed by atoms with van der Waals surface area (Å²) in [5.41, 5.74) is 2.61. The van der Waals surface area contributed by atoms with E-state index < -0.39 is 0 Å². The maximum atomic E-state index is 12.1. The summed E-state index contributed by atoms with van der Waals surface area (Å²) in [6.45, 7) is 0. The van der Waals surface area contributed by atoms with Crippen LogP contribution in [0.3, 0.4) is 0 Å². The average molecular weight is 347 g/mol. The number of hydrogen-bond donors (Lipinski definition) is 1. The number of hydrogen-bond acceptors (Lipinski definition) is 5. The minimum absolute atomic E-state index is 0.181. The molecule has 4 aromatic rings. The summed E-state index contributed by atoms with van der Waals surface area (Å²) in [5, 5.41) is 15.9. The molecule has 0 aliphatic heterocycles. The van der Waals surface area contributed by atoms with Crippen molar-refractivity contribution < 1.29 is 4.79 Å². The van der Waals surface area contributed by atoms with Crippen LogP contribution >= 0.6 is 11.3 Å². The Bertz CT molecular complexity index is 1020. The lowest BCUT2D eigenvalue weighted by Gasteiger charge is -2.03. The third-order valence-corrected chi connectivity index (χ3v) is 4.45. The second kappa shape index (κ2) is 6.66.